The average Bonchev–Trinajstić information content (AvgIpc) is 4.08. The lowest BCUT2D eigenvalue weighted by atomic mass is 9.91. The molecule has 4 heterocycles. The molecule has 10 aromatic carbocycles. The Morgan fingerprint density at radius 3 is 1.48 bits per heavy atom. The normalized spacial score (nSPS) is 11.8. The van der Waals surface area contributed by atoms with E-state index in [0.29, 0.717) is 11.4 Å². The molecule has 0 atom stereocenters. The fraction of sp³-hybridized carbons (Fsp3) is 0. The second-order valence-corrected chi connectivity index (χ2v) is 17.7. The molecule has 0 aliphatic heterocycles. The zero-order chi connectivity index (χ0) is 45.4. The molecular formula is C64H40N4O. The van der Waals surface area contributed by atoms with Crippen LogP contribution in [-0.4, -0.2) is 19.1 Å². The highest BCUT2D eigenvalue weighted by atomic mass is 16.3. The van der Waals surface area contributed by atoms with Gasteiger partial charge in [0.2, 0.25) is 0 Å². The SMILES string of the molecule is c1ccc(-c2ccc3c(c2)c2ccc(-n4c5ccccc5c5ccccc54)cc2n3-c2c(-c3ccccc3)cc(-c3nc(-c4ccccc4)nc4c3oc3ccccc34)cc2-c2ccccc2)cc1. The molecule has 0 bridgehead atoms. The van der Waals surface area contributed by atoms with Crippen LogP contribution in [0.1, 0.15) is 0 Å². The van der Waals surface area contributed by atoms with Crippen molar-refractivity contribution in [3.8, 4) is 67.4 Å². The summed E-state index contributed by atoms with van der Waals surface area (Å²) in [4.78, 5) is 10.6. The van der Waals surface area contributed by atoms with Gasteiger partial charge in [-0.15, -0.1) is 0 Å². The quantitative estimate of drug-likeness (QED) is 0.160. The van der Waals surface area contributed by atoms with E-state index in [2.05, 4.69) is 215 Å². The predicted octanol–water partition coefficient (Wildman–Crippen LogP) is 16.9. The third-order valence-corrected chi connectivity index (χ3v) is 13.7. The molecule has 5 heteroatoms. The van der Waals surface area contributed by atoms with Crippen molar-refractivity contribution < 1.29 is 4.42 Å². The zero-order valence-corrected chi connectivity index (χ0v) is 37.3. The van der Waals surface area contributed by atoms with Crippen molar-refractivity contribution in [1.29, 1.82) is 0 Å². The summed E-state index contributed by atoms with van der Waals surface area (Å²) in [6.07, 6.45) is 0. The molecule has 0 fully saturated rings. The van der Waals surface area contributed by atoms with E-state index < -0.39 is 0 Å². The van der Waals surface area contributed by atoms with Crippen molar-refractivity contribution in [3.05, 3.63) is 243 Å². The van der Waals surface area contributed by atoms with Crippen molar-refractivity contribution in [3.63, 3.8) is 0 Å². The van der Waals surface area contributed by atoms with Gasteiger partial charge in [-0.05, 0) is 82.9 Å². The molecule has 69 heavy (non-hydrogen) atoms. The number of para-hydroxylation sites is 3. The van der Waals surface area contributed by atoms with E-state index in [1.165, 1.54) is 43.7 Å². The Labute approximate surface area is 397 Å². The Kier molecular flexibility index (Phi) is 8.83. The maximum atomic E-state index is 6.76. The number of fused-ring (bicyclic) bond motifs is 9. The maximum absolute atomic E-state index is 6.76. The fourth-order valence-corrected chi connectivity index (χ4v) is 10.6. The first-order valence-corrected chi connectivity index (χ1v) is 23.4. The predicted molar refractivity (Wildman–Crippen MR) is 285 cm³/mol. The summed E-state index contributed by atoms with van der Waals surface area (Å²) in [6, 6.07) is 86.6. The van der Waals surface area contributed by atoms with Crippen LogP contribution in [-0.2, 0) is 0 Å². The van der Waals surface area contributed by atoms with Crippen LogP contribution in [0, 0.1) is 0 Å². The molecule has 4 aromatic heterocycles. The highest BCUT2D eigenvalue weighted by Crippen LogP contribution is 2.46. The Bertz CT molecular complexity index is 4170. The van der Waals surface area contributed by atoms with E-state index in [1.807, 2.05) is 36.4 Å². The molecule has 14 rings (SSSR count). The molecule has 0 aliphatic rings. The van der Waals surface area contributed by atoms with Crippen LogP contribution in [0.25, 0.3) is 133 Å². The summed E-state index contributed by atoms with van der Waals surface area (Å²) in [5, 5.41) is 5.76. The van der Waals surface area contributed by atoms with Crippen LogP contribution in [0.3, 0.4) is 0 Å². The Hall–Kier alpha value is -9.32. The van der Waals surface area contributed by atoms with Gasteiger partial charge in [-0.1, -0.05) is 182 Å². The molecule has 0 spiro atoms. The number of benzene rings is 10. The third kappa shape index (κ3) is 6.25. The summed E-state index contributed by atoms with van der Waals surface area (Å²) in [7, 11) is 0. The number of hydrogen-bond donors (Lipinski definition) is 0. The topological polar surface area (TPSA) is 48.8 Å². The molecule has 0 saturated heterocycles. The Morgan fingerprint density at radius 2 is 0.841 bits per heavy atom. The molecule has 5 nitrogen and oxygen atoms in total. The van der Waals surface area contributed by atoms with E-state index in [1.54, 1.807) is 0 Å². The lowest BCUT2D eigenvalue weighted by molar-refractivity contribution is 0.667. The van der Waals surface area contributed by atoms with E-state index in [9.17, 15) is 0 Å². The summed E-state index contributed by atoms with van der Waals surface area (Å²) in [6.45, 7) is 0. The number of aromatic nitrogens is 4. The molecule has 322 valence electrons. The van der Waals surface area contributed by atoms with Crippen molar-refractivity contribution in [2.24, 2.45) is 0 Å². The Balaban J connectivity index is 1.12. The lowest BCUT2D eigenvalue weighted by Crippen LogP contribution is -2.03. The number of furan rings is 1. The minimum Gasteiger partial charge on any atom is -0.452 e. The van der Waals surface area contributed by atoms with Crippen LogP contribution < -0.4 is 0 Å². The molecule has 0 saturated carbocycles. The molecule has 0 N–H and O–H groups in total. The van der Waals surface area contributed by atoms with Crippen LogP contribution >= 0.6 is 0 Å². The van der Waals surface area contributed by atoms with Gasteiger partial charge in [0.15, 0.2) is 11.4 Å². The number of nitrogens with zero attached hydrogens (tertiary/aromatic N) is 4. The summed E-state index contributed by atoms with van der Waals surface area (Å²) >= 11 is 0. The van der Waals surface area contributed by atoms with E-state index in [-0.39, 0.29) is 0 Å². The van der Waals surface area contributed by atoms with Crippen LogP contribution in [0.4, 0.5) is 0 Å². The van der Waals surface area contributed by atoms with Gasteiger partial charge in [0.1, 0.15) is 16.8 Å². The van der Waals surface area contributed by atoms with Gasteiger partial charge >= 0.3 is 0 Å². The number of hydrogen-bond acceptors (Lipinski definition) is 3. The van der Waals surface area contributed by atoms with Gasteiger partial charge < -0.3 is 13.6 Å². The summed E-state index contributed by atoms with van der Waals surface area (Å²) in [5.41, 5.74) is 18.2. The van der Waals surface area contributed by atoms with Crippen molar-refractivity contribution in [2.45, 2.75) is 0 Å². The molecule has 0 unspecified atom stereocenters. The first-order valence-electron chi connectivity index (χ1n) is 23.4. The van der Waals surface area contributed by atoms with Crippen LogP contribution in [0.5, 0.6) is 0 Å². The molecular weight excluding hydrogens is 841 g/mol. The van der Waals surface area contributed by atoms with E-state index in [4.69, 9.17) is 14.4 Å². The summed E-state index contributed by atoms with van der Waals surface area (Å²) in [5.74, 6) is 0.644. The minimum absolute atomic E-state index is 0.644. The van der Waals surface area contributed by atoms with Crippen LogP contribution in [0.2, 0.25) is 0 Å². The molecule has 0 radical (unpaired) electrons. The summed E-state index contributed by atoms with van der Waals surface area (Å²) < 4.78 is 11.7. The monoisotopic (exact) mass is 880 g/mol. The van der Waals surface area contributed by atoms with Gasteiger partial charge in [0, 0.05) is 54.9 Å². The van der Waals surface area contributed by atoms with Crippen LogP contribution in [0.15, 0.2) is 247 Å². The van der Waals surface area contributed by atoms with Crippen molar-refractivity contribution >= 4 is 65.7 Å². The fourth-order valence-electron chi connectivity index (χ4n) is 10.6. The molecule has 0 aliphatic carbocycles. The first kappa shape index (κ1) is 38.9. The van der Waals surface area contributed by atoms with E-state index in [0.717, 1.165) is 78.0 Å². The zero-order valence-electron chi connectivity index (χ0n) is 37.3. The largest absolute Gasteiger partial charge is 0.452 e. The smallest absolute Gasteiger partial charge is 0.180 e. The first-order chi connectivity index (χ1) is 34.2. The van der Waals surface area contributed by atoms with E-state index >= 15 is 0 Å². The second kappa shape index (κ2) is 15.7. The minimum atomic E-state index is 0.644. The van der Waals surface area contributed by atoms with Gasteiger partial charge in [0.05, 0.1) is 27.8 Å². The molecule has 14 aromatic rings. The third-order valence-electron chi connectivity index (χ3n) is 13.7. The number of rotatable bonds is 7. The maximum Gasteiger partial charge on any atom is 0.180 e. The standard InChI is InChI=1S/C64H40N4O/c1-5-19-41(20-6-1)45-33-36-57-54(37-45)50-35-34-47(67-55-30-16-13-27-48(55)49-28-14-17-31-56(49)67)40-58(50)68(57)62-52(42-21-7-2-8-22-42)38-46(39-53(62)43-23-9-3-10-24-43)60-63-61(51-29-15-18-32-59(51)69-63)66-64(65-60)44-25-11-4-12-26-44/h1-40H. The lowest BCUT2D eigenvalue weighted by Gasteiger charge is -2.21. The molecule has 0 amide bonds. The van der Waals surface area contributed by atoms with Gasteiger partial charge in [-0.3, -0.25) is 0 Å². The van der Waals surface area contributed by atoms with Crippen molar-refractivity contribution in [1.82, 2.24) is 19.1 Å². The van der Waals surface area contributed by atoms with Gasteiger partial charge in [-0.25, -0.2) is 9.97 Å². The van der Waals surface area contributed by atoms with Crippen molar-refractivity contribution in [2.75, 3.05) is 0 Å². The van der Waals surface area contributed by atoms with Gasteiger partial charge in [-0.2, -0.15) is 0 Å². The highest BCUT2D eigenvalue weighted by molar-refractivity contribution is 6.14. The second-order valence-electron chi connectivity index (χ2n) is 17.7. The average molecular weight is 881 g/mol. The highest BCUT2D eigenvalue weighted by Gasteiger charge is 2.26. The Morgan fingerprint density at radius 1 is 0.319 bits per heavy atom. The van der Waals surface area contributed by atoms with Gasteiger partial charge in [0.25, 0.3) is 0 Å².